The van der Waals surface area contributed by atoms with E-state index in [9.17, 15) is 4.79 Å². The van der Waals surface area contributed by atoms with Gasteiger partial charge in [0, 0.05) is 26.2 Å². The Bertz CT molecular complexity index is 208. The third-order valence-electron chi connectivity index (χ3n) is 3.18. The molecule has 0 aromatic heterocycles. The Kier molecular flexibility index (Phi) is 3.89. The molecule has 1 aliphatic heterocycles. The molecule has 0 aromatic carbocycles. The van der Waals surface area contributed by atoms with Gasteiger partial charge in [-0.3, -0.25) is 9.69 Å². The minimum Gasteiger partial charge on any atom is -0.358 e. The second-order valence-corrected chi connectivity index (χ2v) is 4.21. The Morgan fingerprint density at radius 1 is 1.64 bits per heavy atom. The van der Waals surface area contributed by atoms with Crippen LogP contribution in [0, 0.1) is 5.92 Å². The maximum Gasteiger partial charge on any atom is 0.236 e. The minimum atomic E-state index is -0.0325. The number of hydrogen-bond donors (Lipinski definition) is 2. The fourth-order valence-electron chi connectivity index (χ4n) is 1.92. The van der Waals surface area contributed by atoms with Gasteiger partial charge in [0.05, 0.1) is 6.04 Å². The molecule has 4 heteroatoms. The number of piperidine rings is 1. The molecule has 1 heterocycles. The molecule has 0 aromatic rings. The lowest BCUT2D eigenvalue weighted by Gasteiger charge is -2.37. The van der Waals surface area contributed by atoms with E-state index >= 15 is 0 Å². The van der Waals surface area contributed by atoms with Gasteiger partial charge in [0.2, 0.25) is 5.91 Å². The molecule has 82 valence electrons. The molecule has 14 heavy (non-hydrogen) atoms. The summed E-state index contributed by atoms with van der Waals surface area (Å²) >= 11 is 0. The third-order valence-corrected chi connectivity index (χ3v) is 3.18. The summed E-state index contributed by atoms with van der Waals surface area (Å²) in [5.41, 5.74) is 5.92. The van der Waals surface area contributed by atoms with E-state index in [1.54, 1.807) is 7.05 Å². The zero-order valence-electron chi connectivity index (χ0n) is 9.29. The fraction of sp³-hybridized carbons (Fsp3) is 0.900. The molecule has 0 bridgehead atoms. The van der Waals surface area contributed by atoms with Crippen LogP contribution in [-0.4, -0.2) is 43.0 Å². The largest absolute Gasteiger partial charge is 0.358 e. The second-order valence-electron chi connectivity index (χ2n) is 4.21. The number of likely N-dealkylation sites (N-methyl/N-ethyl adjacent to an activating group) is 1. The lowest BCUT2D eigenvalue weighted by molar-refractivity contribution is -0.126. The van der Waals surface area contributed by atoms with Crippen LogP contribution in [0.15, 0.2) is 0 Å². The fourth-order valence-corrected chi connectivity index (χ4v) is 1.92. The van der Waals surface area contributed by atoms with Crippen molar-refractivity contribution in [3.05, 3.63) is 0 Å². The van der Waals surface area contributed by atoms with Crippen LogP contribution in [0.2, 0.25) is 0 Å². The maximum absolute atomic E-state index is 11.4. The SMILES string of the molecule is CNC(=O)C(C)N1CCC(N)C(C)C1. The zero-order valence-corrected chi connectivity index (χ0v) is 9.29. The number of likely N-dealkylation sites (tertiary alicyclic amines) is 1. The molecule has 0 spiro atoms. The van der Waals surface area contributed by atoms with Crippen molar-refractivity contribution < 1.29 is 4.79 Å². The summed E-state index contributed by atoms with van der Waals surface area (Å²) in [6.07, 6.45) is 0.989. The van der Waals surface area contributed by atoms with Crippen LogP contribution in [0.25, 0.3) is 0 Å². The Morgan fingerprint density at radius 2 is 2.29 bits per heavy atom. The van der Waals surface area contributed by atoms with Gasteiger partial charge in [-0.05, 0) is 19.3 Å². The molecule has 1 rings (SSSR count). The summed E-state index contributed by atoms with van der Waals surface area (Å²) in [7, 11) is 1.68. The van der Waals surface area contributed by atoms with Crippen LogP contribution in [-0.2, 0) is 4.79 Å². The predicted molar refractivity (Wildman–Crippen MR) is 56.9 cm³/mol. The Balaban J connectivity index is 2.50. The van der Waals surface area contributed by atoms with Crippen molar-refractivity contribution in [1.82, 2.24) is 10.2 Å². The normalized spacial score (nSPS) is 31.1. The molecular formula is C10H21N3O. The standard InChI is InChI=1S/C10H21N3O/c1-7-6-13(5-4-9(7)11)8(2)10(14)12-3/h7-9H,4-6,11H2,1-3H3,(H,12,14). The average Bonchev–Trinajstić information content (AvgIpc) is 2.20. The molecule has 0 saturated carbocycles. The lowest BCUT2D eigenvalue weighted by atomic mass is 9.94. The van der Waals surface area contributed by atoms with Crippen LogP contribution in [0.5, 0.6) is 0 Å². The number of hydrogen-bond acceptors (Lipinski definition) is 3. The first-order valence-corrected chi connectivity index (χ1v) is 5.27. The summed E-state index contributed by atoms with van der Waals surface area (Å²) in [5, 5.41) is 2.68. The molecule has 0 radical (unpaired) electrons. The summed E-state index contributed by atoms with van der Waals surface area (Å²) in [5.74, 6) is 0.573. The maximum atomic E-state index is 11.4. The highest BCUT2D eigenvalue weighted by Crippen LogP contribution is 2.16. The highest BCUT2D eigenvalue weighted by molar-refractivity contribution is 5.80. The molecule has 4 nitrogen and oxygen atoms in total. The van der Waals surface area contributed by atoms with Gasteiger partial charge in [0.15, 0.2) is 0 Å². The van der Waals surface area contributed by atoms with Crippen molar-refractivity contribution in [2.45, 2.75) is 32.4 Å². The molecule has 3 N–H and O–H groups in total. The lowest BCUT2D eigenvalue weighted by Crippen LogP contribution is -2.52. The monoisotopic (exact) mass is 199 g/mol. The van der Waals surface area contributed by atoms with Crippen LogP contribution in [0.1, 0.15) is 20.3 Å². The van der Waals surface area contributed by atoms with Crippen molar-refractivity contribution >= 4 is 5.91 Å². The number of carbonyl (C=O) groups is 1. The summed E-state index contributed by atoms with van der Waals surface area (Å²) in [6, 6.07) is 0.262. The van der Waals surface area contributed by atoms with Crippen LogP contribution >= 0.6 is 0 Å². The van der Waals surface area contributed by atoms with Gasteiger partial charge < -0.3 is 11.1 Å². The van der Waals surface area contributed by atoms with E-state index < -0.39 is 0 Å². The van der Waals surface area contributed by atoms with Gasteiger partial charge >= 0.3 is 0 Å². The molecule has 0 aliphatic carbocycles. The summed E-state index contributed by atoms with van der Waals surface area (Å²) in [4.78, 5) is 13.6. The first kappa shape index (κ1) is 11.5. The van der Waals surface area contributed by atoms with Gasteiger partial charge in [-0.25, -0.2) is 0 Å². The molecule has 1 saturated heterocycles. The van der Waals surface area contributed by atoms with Crippen molar-refractivity contribution in [3.63, 3.8) is 0 Å². The van der Waals surface area contributed by atoms with Crippen LogP contribution in [0.4, 0.5) is 0 Å². The van der Waals surface area contributed by atoms with E-state index in [0.29, 0.717) is 12.0 Å². The zero-order chi connectivity index (χ0) is 10.7. The second kappa shape index (κ2) is 4.75. The van der Waals surface area contributed by atoms with E-state index in [1.165, 1.54) is 0 Å². The predicted octanol–water partition coefficient (Wildman–Crippen LogP) is -0.210. The summed E-state index contributed by atoms with van der Waals surface area (Å²) < 4.78 is 0. The number of carbonyl (C=O) groups excluding carboxylic acids is 1. The highest BCUT2D eigenvalue weighted by atomic mass is 16.2. The van der Waals surface area contributed by atoms with Gasteiger partial charge in [-0.15, -0.1) is 0 Å². The van der Waals surface area contributed by atoms with E-state index in [2.05, 4.69) is 17.1 Å². The van der Waals surface area contributed by atoms with Gasteiger partial charge in [-0.1, -0.05) is 6.92 Å². The van der Waals surface area contributed by atoms with Gasteiger partial charge in [0.25, 0.3) is 0 Å². The van der Waals surface area contributed by atoms with Gasteiger partial charge in [-0.2, -0.15) is 0 Å². The Labute approximate surface area is 85.8 Å². The highest BCUT2D eigenvalue weighted by Gasteiger charge is 2.28. The molecular weight excluding hydrogens is 178 g/mol. The molecule has 1 aliphatic rings. The average molecular weight is 199 g/mol. The molecule has 1 fully saturated rings. The van der Waals surface area contributed by atoms with E-state index in [-0.39, 0.29) is 11.9 Å². The van der Waals surface area contributed by atoms with Crippen molar-refractivity contribution in [1.29, 1.82) is 0 Å². The number of amides is 1. The number of nitrogens with two attached hydrogens (primary N) is 1. The van der Waals surface area contributed by atoms with Gasteiger partial charge in [0.1, 0.15) is 0 Å². The Morgan fingerprint density at radius 3 is 2.79 bits per heavy atom. The molecule has 3 unspecified atom stereocenters. The molecule has 1 amide bonds. The quantitative estimate of drug-likeness (QED) is 0.647. The smallest absolute Gasteiger partial charge is 0.236 e. The van der Waals surface area contributed by atoms with E-state index in [1.807, 2.05) is 6.92 Å². The van der Waals surface area contributed by atoms with Crippen molar-refractivity contribution in [2.24, 2.45) is 11.7 Å². The van der Waals surface area contributed by atoms with Crippen LogP contribution in [0.3, 0.4) is 0 Å². The topological polar surface area (TPSA) is 58.4 Å². The first-order valence-electron chi connectivity index (χ1n) is 5.27. The first-order chi connectivity index (χ1) is 6.56. The molecule has 3 atom stereocenters. The van der Waals surface area contributed by atoms with Crippen molar-refractivity contribution in [3.8, 4) is 0 Å². The summed E-state index contributed by atoms with van der Waals surface area (Å²) in [6.45, 7) is 5.95. The van der Waals surface area contributed by atoms with Crippen LogP contribution < -0.4 is 11.1 Å². The van der Waals surface area contributed by atoms with E-state index in [4.69, 9.17) is 5.73 Å². The van der Waals surface area contributed by atoms with Crippen molar-refractivity contribution in [2.75, 3.05) is 20.1 Å². The number of rotatable bonds is 2. The Hall–Kier alpha value is -0.610. The minimum absolute atomic E-state index is 0.0325. The number of nitrogens with zero attached hydrogens (tertiary/aromatic N) is 1. The third kappa shape index (κ3) is 2.45. The number of nitrogens with one attached hydrogen (secondary N) is 1. The van der Waals surface area contributed by atoms with E-state index in [0.717, 1.165) is 19.5 Å².